The summed E-state index contributed by atoms with van der Waals surface area (Å²) in [5.41, 5.74) is 3.86. The zero-order valence-corrected chi connectivity index (χ0v) is 22.6. The van der Waals surface area contributed by atoms with Gasteiger partial charge in [-0.2, -0.15) is 0 Å². The summed E-state index contributed by atoms with van der Waals surface area (Å²) in [6.07, 6.45) is 1.91. The van der Waals surface area contributed by atoms with Crippen LogP contribution in [0.25, 0.3) is 0 Å². The van der Waals surface area contributed by atoms with Crippen molar-refractivity contribution in [2.45, 2.75) is 35.2 Å². The molecule has 4 heterocycles. The van der Waals surface area contributed by atoms with Crippen LogP contribution in [0.2, 0.25) is 0 Å². The predicted octanol–water partition coefficient (Wildman–Crippen LogP) is 3.21. The molecule has 7 rings (SSSR count). The average Bonchev–Trinajstić information content (AvgIpc) is 3.31. The number of nitrogens with zero attached hydrogens (tertiary/aromatic N) is 3. The highest BCUT2D eigenvalue weighted by molar-refractivity contribution is 7.98. The van der Waals surface area contributed by atoms with Crippen molar-refractivity contribution in [3.63, 3.8) is 0 Å². The molecule has 0 spiro atoms. The lowest BCUT2D eigenvalue weighted by Gasteiger charge is -2.56. The predicted molar refractivity (Wildman–Crippen MR) is 145 cm³/mol. The number of hydrogen-bond acceptors (Lipinski definition) is 9. The maximum Gasteiger partial charge on any atom is 0.510 e. The third kappa shape index (κ3) is 3.57. The molecule has 0 bridgehead atoms. The molecule has 4 aliphatic rings. The molecule has 0 N–H and O–H groups in total. The van der Waals surface area contributed by atoms with Gasteiger partial charge in [0.15, 0.2) is 5.69 Å². The summed E-state index contributed by atoms with van der Waals surface area (Å²) in [7, 11) is 1.18. The van der Waals surface area contributed by atoms with Crippen LogP contribution in [0, 0.1) is 0 Å². The van der Waals surface area contributed by atoms with E-state index in [2.05, 4.69) is 52.2 Å². The lowest BCUT2D eigenvalue weighted by Crippen LogP contribution is -2.71. The summed E-state index contributed by atoms with van der Waals surface area (Å²) in [5.74, 6) is 0.308. The smallest absolute Gasteiger partial charge is 0.451 e. The minimum atomic E-state index is -0.951. The monoisotopic (exact) mass is 561 g/mol. The van der Waals surface area contributed by atoms with Gasteiger partial charge in [0.2, 0.25) is 18.0 Å². The highest BCUT2D eigenvalue weighted by atomic mass is 32.2. The zero-order chi connectivity index (χ0) is 27.4. The second-order valence-electron chi connectivity index (χ2n) is 10.1. The van der Waals surface area contributed by atoms with E-state index in [-0.39, 0.29) is 17.4 Å². The zero-order valence-electron chi connectivity index (χ0n) is 21.8. The summed E-state index contributed by atoms with van der Waals surface area (Å²) >= 11 is 1.82. The van der Waals surface area contributed by atoms with Gasteiger partial charge in [0.05, 0.1) is 20.3 Å². The molecule has 1 fully saturated rings. The van der Waals surface area contributed by atoms with Gasteiger partial charge in [0, 0.05) is 35.0 Å². The Morgan fingerprint density at radius 1 is 1.12 bits per heavy atom. The molecule has 11 heteroatoms. The Bertz CT molecular complexity index is 1590. The molecular weight excluding hydrogens is 534 g/mol. The first-order valence-electron chi connectivity index (χ1n) is 13.2. The van der Waals surface area contributed by atoms with Crippen LogP contribution in [0.5, 0.6) is 5.75 Å². The van der Waals surface area contributed by atoms with Gasteiger partial charge >= 0.3 is 6.16 Å². The SMILES string of the molecule is COC(=O)OCOc1c2n(ccc1=O)N(C13CCc4cccc(c41)SCc1ccccc13)C1COCCN1C2=O. The van der Waals surface area contributed by atoms with Crippen molar-refractivity contribution in [3.8, 4) is 5.75 Å². The second kappa shape index (κ2) is 9.60. The quantitative estimate of drug-likeness (QED) is 0.351. The van der Waals surface area contributed by atoms with Gasteiger partial charge in [-0.25, -0.2) is 4.79 Å². The summed E-state index contributed by atoms with van der Waals surface area (Å²) in [4.78, 5) is 41.7. The number of carbonyl (C=O) groups is 2. The van der Waals surface area contributed by atoms with Crippen LogP contribution in [0.1, 0.15) is 39.2 Å². The Balaban J connectivity index is 1.49. The molecule has 1 amide bonds. The van der Waals surface area contributed by atoms with Crippen molar-refractivity contribution in [1.29, 1.82) is 0 Å². The Hall–Kier alpha value is -3.96. The standard InChI is InChI=1S/C29H27N3O7S/c1-36-28(35)39-17-38-26-21(33)10-12-31-25(26)27(34)30-13-14-37-15-23(30)32(31)29-11-9-18-6-4-8-22(24(18)29)40-16-19-5-2-3-7-20(19)29/h2-8,10,12,23H,9,11,13-17H2,1H3. The van der Waals surface area contributed by atoms with Crippen LogP contribution in [0.15, 0.2) is 64.4 Å². The summed E-state index contributed by atoms with van der Waals surface area (Å²) in [6.45, 7) is 0.488. The molecule has 0 saturated carbocycles. The van der Waals surface area contributed by atoms with Gasteiger partial charge in [-0.05, 0) is 35.6 Å². The van der Waals surface area contributed by atoms with Crippen molar-refractivity contribution >= 4 is 23.8 Å². The van der Waals surface area contributed by atoms with E-state index in [1.807, 2.05) is 11.8 Å². The number of pyridine rings is 1. The molecule has 2 unspecified atom stereocenters. The van der Waals surface area contributed by atoms with E-state index in [0.29, 0.717) is 19.8 Å². The first kappa shape index (κ1) is 25.0. The number of fused-ring (bicyclic) bond motifs is 4. The lowest BCUT2D eigenvalue weighted by atomic mass is 9.80. The van der Waals surface area contributed by atoms with Gasteiger partial charge in [0.25, 0.3) is 5.91 Å². The van der Waals surface area contributed by atoms with E-state index in [0.717, 1.165) is 18.6 Å². The van der Waals surface area contributed by atoms with E-state index in [9.17, 15) is 14.4 Å². The summed E-state index contributed by atoms with van der Waals surface area (Å²) in [5, 5.41) is 2.22. The Morgan fingerprint density at radius 2 is 1.98 bits per heavy atom. The minimum Gasteiger partial charge on any atom is -0.451 e. The average molecular weight is 562 g/mol. The van der Waals surface area contributed by atoms with Crippen molar-refractivity contribution in [1.82, 2.24) is 9.58 Å². The van der Waals surface area contributed by atoms with Crippen LogP contribution < -0.4 is 15.2 Å². The summed E-state index contributed by atoms with van der Waals surface area (Å²) in [6, 6.07) is 16.3. The van der Waals surface area contributed by atoms with Gasteiger partial charge in [0.1, 0.15) is 11.7 Å². The van der Waals surface area contributed by atoms with Crippen LogP contribution in [-0.2, 0) is 31.9 Å². The molecule has 1 aromatic heterocycles. The molecule has 2 aromatic carbocycles. The highest BCUT2D eigenvalue weighted by Crippen LogP contribution is 2.55. The largest absolute Gasteiger partial charge is 0.510 e. The molecule has 10 nitrogen and oxygen atoms in total. The van der Waals surface area contributed by atoms with E-state index in [4.69, 9.17) is 14.2 Å². The Labute approximate surface area is 234 Å². The number of aryl methyl sites for hydroxylation is 1. The van der Waals surface area contributed by atoms with Crippen molar-refractivity contribution in [3.05, 3.63) is 92.9 Å². The van der Waals surface area contributed by atoms with Crippen LogP contribution in [-0.4, -0.2) is 61.5 Å². The number of amides is 1. The third-order valence-electron chi connectivity index (χ3n) is 8.18. The normalized spacial score (nSPS) is 22.4. The van der Waals surface area contributed by atoms with Crippen LogP contribution >= 0.6 is 11.8 Å². The number of rotatable bonds is 4. The molecule has 40 heavy (non-hydrogen) atoms. The minimum absolute atomic E-state index is 0.0915. The van der Waals surface area contributed by atoms with Gasteiger partial charge in [-0.3, -0.25) is 19.3 Å². The van der Waals surface area contributed by atoms with E-state index in [1.54, 1.807) is 15.8 Å². The van der Waals surface area contributed by atoms with Gasteiger partial charge in [-0.15, -0.1) is 11.8 Å². The maximum atomic E-state index is 14.0. The van der Waals surface area contributed by atoms with E-state index < -0.39 is 30.1 Å². The number of carbonyl (C=O) groups excluding carboxylic acids is 2. The molecule has 2 atom stereocenters. The molecule has 0 radical (unpaired) electrons. The second-order valence-corrected chi connectivity index (χ2v) is 11.1. The highest BCUT2D eigenvalue weighted by Gasteiger charge is 2.56. The van der Waals surface area contributed by atoms with Crippen molar-refractivity contribution in [2.75, 3.05) is 38.7 Å². The number of hydrogen-bond donors (Lipinski definition) is 0. The van der Waals surface area contributed by atoms with E-state index >= 15 is 0 Å². The number of thioether (sulfide) groups is 1. The van der Waals surface area contributed by atoms with Crippen LogP contribution in [0.3, 0.4) is 0 Å². The third-order valence-corrected chi connectivity index (χ3v) is 9.29. The molecule has 206 valence electrons. The first-order valence-corrected chi connectivity index (χ1v) is 14.1. The molecular formula is C29H27N3O7S. The fourth-order valence-electron chi connectivity index (χ4n) is 6.61. The number of benzene rings is 2. The van der Waals surface area contributed by atoms with Gasteiger partial charge < -0.3 is 23.8 Å². The summed E-state index contributed by atoms with van der Waals surface area (Å²) < 4.78 is 22.8. The van der Waals surface area contributed by atoms with Crippen LogP contribution in [0.4, 0.5) is 4.79 Å². The number of aromatic nitrogens is 1. The Morgan fingerprint density at radius 3 is 2.85 bits per heavy atom. The molecule has 3 aliphatic heterocycles. The Kier molecular flexibility index (Phi) is 6.01. The fraction of sp³-hybridized carbons (Fsp3) is 0.345. The van der Waals surface area contributed by atoms with Gasteiger partial charge in [-0.1, -0.05) is 36.4 Å². The lowest BCUT2D eigenvalue weighted by molar-refractivity contribution is -0.0267. The topological polar surface area (TPSA) is 99.5 Å². The van der Waals surface area contributed by atoms with Crippen molar-refractivity contribution < 1.29 is 28.5 Å². The number of morpholine rings is 1. The van der Waals surface area contributed by atoms with E-state index in [1.165, 1.54) is 40.3 Å². The fourth-order valence-corrected chi connectivity index (χ4v) is 7.79. The number of methoxy groups -OCH3 is 1. The molecule has 1 saturated heterocycles. The first-order chi connectivity index (χ1) is 19.5. The maximum absolute atomic E-state index is 14.0. The van der Waals surface area contributed by atoms with Crippen molar-refractivity contribution in [2.24, 2.45) is 0 Å². The molecule has 3 aromatic rings. The number of ether oxygens (including phenoxy) is 4. The molecule has 1 aliphatic carbocycles.